The lowest BCUT2D eigenvalue weighted by atomic mass is 10.1. The minimum atomic E-state index is 0. The molecule has 1 aromatic heterocycles. The summed E-state index contributed by atoms with van der Waals surface area (Å²) in [5.74, 6) is 0. The Hall–Kier alpha value is -0.290. The van der Waals surface area contributed by atoms with Crippen molar-refractivity contribution in [2.45, 2.75) is 18.9 Å². The van der Waals surface area contributed by atoms with Crippen molar-refractivity contribution in [2.24, 2.45) is 0 Å². The lowest BCUT2D eigenvalue weighted by Gasteiger charge is -2.22. The van der Waals surface area contributed by atoms with Crippen molar-refractivity contribution < 1.29 is 0 Å². The molecule has 1 saturated heterocycles. The summed E-state index contributed by atoms with van der Waals surface area (Å²) in [6.07, 6.45) is 4.51. The highest BCUT2D eigenvalue weighted by Gasteiger charge is 2.15. The molecule has 0 saturated carbocycles. The smallest absolute Gasteiger partial charge is 0.0924 e. The summed E-state index contributed by atoms with van der Waals surface area (Å²) in [6, 6.07) is 6.80. The fourth-order valence-corrected chi connectivity index (χ4v) is 2.65. The molecule has 1 aliphatic heterocycles. The van der Waals surface area contributed by atoms with Gasteiger partial charge in [-0.3, -0.25) is 4.68 Å². The third kappa shape index (κ3) is 3.18. The molecule has 1 fully saturated rings. The van der Waals surface area contributed by atoms with E-state index in [2.05, 4.69) is 49.4 Å². The molecule has 6 heteroatoms. The second-order valence-corrected chi connectivity index (χ2v) is 5.21. The zero-order valence-electron chi connectivity index (χ0n) is 9.80. The average Bonchev–Trinajstić information content (AvgIpc) is 2.73. The van der Waals surface area contributed by atoms with Crippen LogP contribution in [0.25, 0.3) is 10.9 Å². The third-order valence-corrected chi connectivity index (χ3v) is 3.66. The molecule has 0 spiro atoms. The molecule has 0 atom stereocenters. The van der Waals surface area contributed by atoms with Crippen molar-refractivity contribution in [2.75, 3.05) is 13.1 Å². The van der Waals surface area contributed by atoms with Crippen LogP contribution in [-0.4, -0.2) is 22.9 Å². The van der Waals surface area contributed by atoms with Crippen LogP contribution in [0.5, 0.6) is 0 Å². The van der Waals surface area contributed by atoms with Gasteiger partial charge < -0.3 is 5.32 Å². The molecule has 3 rings (SSSR count). The Morgan fingerprint density at radius 2 is 1.94 bits per heavy atom. The van der Waals surface area contributed by atoms with Crippen LogP contribution in [0.4, 0.5) is 0 Å². The van der Waals surface area contributed by atoms with Crippen molar-refractivity contribution in [1.29, 1.82) is 0 Å². The predicted octanol–water partition coefficient (Wildman–Crippen LogP) is 3.57. The maximum absolute atomic E-state index is 4.65. The van der Waals surface area contributed by atoms with Crippen LogP contribution < -0.4 is 5.32 Å². The molecule has 0 radical (unpaired) electrons. The lowest BCUT2D eigenvalue weighted by molar-refractivity contribution is 0.345. The fraction of sp³-hybridized carbons (Fsp3) is 0.417. The second kappa shape index (κ2) is 6.75. The molecule has 18 heavy (non-hydrogen) atoms. The van der Waals surface area contributed by atoms with Gasteiger partial charge in [-0.15, -0.1) is 24.8 Å². The van der Waals surface area contributed by atoms with Gasteiger partial charge in [0.05, 0.1) is 11.6 Å². The predicted molar refractivity (Wildman–Crippen MR) is 83.1 cm³/mol. The molecular weight excluding hydrogens is 337 g/mol. The van der Waals surface area contributed by atoms with Crippen molar-refractivity contribution in [3.63, 3.8) is 0 Å². The molecule has 100 valence electrons. The van der Waals surface area contributed by atoms with E-state index in [1.807, 2.05) is 6.07 Å². The average molecular weight is 353 g/mol. The monoisotopic (exact) mass is 351 g/mol. The van der Waals surface area contributed by atoms with Gasteiger partial charge in [0, 0.05) is 16.1 Å². The number of rotatable bonds is 1. The van der Waals surface area contributed by atoms with Gasteiger partial charge in [-0.2, -0.15) is 5.10 Å². The molecule has 3 nitrogen and oxygen atoms in total. The highest BCUT2D eigenvalue weighted by Crippen LogP contribution is 2.23. The number of hydrogen-bond donors (Lipinski definition) is 1. The van der Waals surface area contributed by atoms with E-state index in [4.69, 9.17) is 0 Å². The Morgan fingerprint density at radius 3 is 2.67 bits per heavy atom. The number of fused-ring (bicyclic) bond motifs is 1. The molecular formula is C12H16BrCl2N3. The highest BCUT2D eigenvalue weighted by molar-refractivity contribution is 9.10. The van der Waals surface area contributed by atoms with Gasteiger partial charge in [0.2, 0.25) is 0 Å². The first-order valence-corrected chi connectivity index (χ1v) is 6.47. The third-order valence-electron chi connectivity index (χ3n) is 3.17. The van der Waals surface area contributed by atoms with Crippen LogP contribution in [-0.2, 0) is 0 Å². The van der Waals surface area contributed by atoms with Crippen molar-refractivity contribution in [3.8, 4) is 0 Å². The van der Waals surface area contributed by atoms with Gasteiger partial charge in [0.1, 0.15) is 0 Å². The summed E-state index contributed by atoms with van der Waals surface area (Å²) < 4.78 is 3.25. The number of hydrogen-bond acceptors (Lipinski definition) is 2. The molecule has 2 aromatic rings. The van der Waals surface area contributed by atoms with E-state index >= 15 is 0 Å². The van der Waals surface area contributed by atoms with Crippen molar-refractivity contribution >= 4 is 51.6 Å². The van der Waals surface area contributed by atoms with Crippen molar-refractivity contribution in [1.82, 2.24) is 15.1 Å². The largest absolute Gasteiger partial charge is 0.317 e. The molecule has 0 aliphatic carbocycles. The Bertz CT molecular complexity index is 509. The van der Waals surface area contributed by atoms with Crippen LogP contribution in [0.1, 0.15) is 18.9 Å². The standard InChI is InChI=1S/C12H14BrN3.2ClH/c13-10-1-2-12-9(7-10)8-16(15-12)11-3-5-14-6-4-11;;/h1-2,7-8,11,14H,3-6H2;2*1H. The zero-order valence-corrected chi connectivity index (χ0v) is 13.0. The van der Waals surface area contributed by atoms with E-state index < -0.39 is 0 Å². The van der Waals surface area contributed by atoms with E-state index in [0.29, 0.717) is 6.04 Å². The minimum Gasteiger partial charge on any atom is -0.317 e. The Balaban J connectivity index is 0.000000810. The van der Waals surface area contributed by atoms with Crippen LogP contribution >= 0.6 is 40.7 Å². The van der Waals surface area contributed by atoms with Gasteiger partial charge in [-0.05, 0) is 44.1 Å². The summed E-state index contributed by atoms with van der Waals surface area (Å²) in [5, 5.41) is 9.24. The first-order valence-electron chi connectivity index (χ1n) is 5.68. The Morgan fingerprint density at radius 1 is 1.22 bits per heavy atom. The SMILES string of the molecule is Brc1ccc2nn(C3CCNCC3)cc2c1.Cl.Cl. The maximum atomic E-state index is 4.65. The number of nitrogens with zero attached hydrogens (tertiary/aromatic N) is 2. The molecule has 1 aliphatic rings. The number of piperidine rings is 1. The minimum absolute atomic E-state index is 0. The Kier molecular flexibility index (Phi) is 5.92. The van der Waals surface area contributed by atoms with E-state index in [-0.39, 0.29) is 24.8 Å². The van der Waals surface area contributed by atoms with Gasteiger partial charge in [0.15, 0.2) is 0 Å². The van der Waals surface area contributed by atoms with Crippen LogP contribution in [0, 0.1) is 0 Å². The highest BCUT2D eigenvalue weighted by atomic mass is 79.9. The van der Waals surface area contributed by atoms with E-state index in [9.17, 15) is 0 Å². The summed E-state index contributed by atoms with van der Waals surface area (Å²) in [5.41, 5.74) is 1.08. The summed E-state index contributed by atoms with van der Waals surface area (Å²) in [4.78, 5) is 0. The summed E-state index contributed by atoms with van der Waals surface area (Å²) in [6.45, 7) is 2.20. The zero-order chi connectivity index (χ0) is 11.0. The van der Waals surface area contributed by atoms with Gasteiger partial charge in [0.25, 0.3) is 0 Å². The summed E-state index contributed by atoms with van der Waals surface area (Å²) >= 11 is 3.49. The van der Waals surface area contributed by atoms with E-state index in [0.717, 1.165) is 23.1 Å². The first-order chi connectivity index (χ1) is 7.83. The van der Waals surface area contributed by atoms with Gasteiger partial charge in [-0.1, -0.05) is 15.9 Å². The first kappa shape index (κ1) is 15.8. The quantitative estimate of drug-likeness (QED) is 0.850. The van der Waals surface area contributed by atoms with Crippen LogP contribution in [0.15, 0.2) is 28.9 Å². The molecule has 2 heterocycles. The van der Waals surface area contributed by atoms with E-state index in [1.54, 1.807) is 0 Å². The van der Waals surface area contributed by atoms with Crippen LogP contribution in [0.2, 0.25) is 0 Å². The number of halogens is 3. The molecule has 1 N–H and O–H groups in total. The molecule has 0 unspecified atom stereocenters. The molecule has 0 amide bonds. The fourth-order valence-electron chi connectivity index (χ4n) is 2.27. The summed E-state index contributed by atoms with van der Waals surface area (Å²) in [7, 11) is 0. The van der Waals surface area contributed by atoms with Crippen LogP contribution in [0.3, 0.4) is 0 Å². The topological polar surface area (TPSA) is 29.9 Å². The van der Waals surface area contributed by atoms with Gasteiger partial charge >= 0.3 is 0 Å². The number of benzene rings is 1. The lowest BCUT2D eigenvalue weighted by Crippen LogP contribution is -2.29. The van der Waals surface area contributed by atoms with Gasteiger partial charge in [-0.25, -0.2) is 0 Å². The van der Waals surface area contributed by atoms with E-state index in [1.165, 1.54) is 18.2 Å². The molecule has 0 bridgehead atoms. The molecule has 1 aromatic carbocycles. The number of nitrogens with one attached hydrogen (secondary N) is 1. The van der Waals surface area contributed by atoms with Crippen molar-refractivity contribution in [3.05, 3.63) is 28.9 Å². The maximum Gasteiger partial charge on any atom is 0.0924 e. The Labute approximate surface area is 127 Å². The number of aromatic nitrogens is 2. The normalized spacial score (nSPS) is 16.1. The second-order valence-electron chi connectivity index (χ2n) is 4.29.